The van der Waals surface area contributed by atoms with Crippen molar-refractivity contribution in [3.8, 4) is 28.7 Å². The van der Waals surface area contributed by atoms with Gasteiger partial charge in [0, 0.05) is 24.2 Å². The number of benzene rings is 2. The summed E-state index contributed by atoms with van der Waals surface area (Å²) < 4.78 is 27.4. The number of rotatable bonds is 13. The van der Waals surface area contributed by atoms with Gasteiger partial charge in [0.15, 0.2) is 23.0 Å². The molecule has 0 saturated heterocycles. The molecule has 180 valence electrons. The quantitative estimate of drug-likeness (QED) is 0.443. The molecule has 33 heavy (non-hydrogen) atoms. The van der Waals surface area contributed by atoms with Gasteiger partial charge in [0.05, 0.1) is 34.0 Å². The normalized spacial score (nSPS) is 10.2. The van der Waals surface area contributed by atoms with Crippen molar-refractivity contribution < 1.29 is 33.3 Å². The Labute approximate surface area is 194 Å². The summed E-state index contributed by atoms with van der Waals surface area (Å²) in [6.07, 6.45) is 0. The van der Waals surface area contributed by atoms with Crippen LogP contribution in [0.3, 0.4) is 0 Å². The lowest BCUT2D eigenvalue weighted by atomic mass is 10.1. The average molecular weight is 461 g/mol. The topological polar surface area (TPSA) is 104 Å². The molecule has 0 aliphatic heterocycles. The van der Waals surface area contributed by atoms with Crippen LogP contribution in [-0.4, -0.2) is 58.9 Å². The molecule has 9 nitrogen and oxygen atoms in total. The van der Waals surface area contributed by atoms with Crippen molar-refractivity contribution in [1.82, 2.24) is 10.6 Å². The van der Waals surface area contributed by atoms with Crippen molar-refractivity contribution >= 4 is 11.8 Å². The van der Waals surface area contributed by atoms with Crippen LogP contribution in [0.15, 0.2) is 30.3 Å². The van der Waals surface area contributed by atoms with Crippen LogP contribution in [0.1, 0.15) is 41.5 Å². The molecular formula is C24H32N2O7. The molecule has 0 unspecified atom stereocenters. The number of ether oxygens (including phenoxy) is 5. The summed E-state index contributed by atoms with van der Waals surface area (Å²) in [7, 11) is 3.03. The van der Waals surface area contributed by atoms with Crippen LogP contribution >= 0.6 is 0 Å². The van der Waals surface area contributed by atoms with E-state index in [2.05, 4.69) is 10.6 Å². The number of methoxy groups -OCH3 is 2. The molecule has 0 atom stereocenters. The second kappa shape index (κ2) is 13.0. The lowest BCUT2D eigenvalue weighted by Crippen LogP contribution is -2.34. The molecule has 2 aromatic carbocycles. The standard InChI is InChI=1S/C24H32N2O7/c1-6-31-20-14-17(15-21(32-7-2)22(20)33-8-3)24(28)26-12-11-25-23(27)16-9-10-18(29-4)19(13-16)30-5/h9-10,13-15H,6-8,11-12H2,1-5H3,(H,25,27)(H,26,28). The highest BCUT2D eigenvalue weighted by Crippen LogP contribution is 2.39. The Morgan fingerprint density at radius 1 is 0.667 bits per heavy atom. The summed E-state index contributed by atoms with van der Waals surface area (Å²) >= 11 is 0. The van der Waals surface area contributed by atoms with Crippen LogP contribution in [0.4, 0.5) is 0 Å². The van der Waals surface area contributed by atoms with Gasteiger partial charge in [0.1, 0.15) is 0 Å². The molecule has 0 heterocycles. The van der Waals surface area contributed by atoms with Gasteiger partial charge in [0.25, 0.3) is 11.8 Å². The Morgan fingerprint density at radius 3 is 1.64 bits per heavy atom. The van der Waals surface area contributed by atoms with Gasteiger partial charge in [-0.1, -0.05) is 0 Å². The summed E-state index contributed by atoms with van der Waals surface area (Å²) in [4.78, 5) is 25.1. The van der Waals surface area contributed by atoms with E-state index in [0.29, 0.717) is 59.7 Å². The third kappa shape index (κ3) is 6.93. The number of hydrogen-bond donors (Lipinski definition) is 2. The van der Waals surface area contributed by atoms with E-state index in [9.17, 15) is 9.59 Å². The van der Waals surface area contributed by atoms with Gasteiger partial charge < -0.3 is 34.3 Å². The Morgan fingerprint density at radius 2 is 1.15 bits per heavy atom. The van der Waals surface area contributed by atoms with E-state index in [4.69, 9.17) is 23.7 Å². The Kier molecular flexibility index (Phi) is 10.1. The first-order chi connectivity index (χ1) is 16.0. The Bertz CT molecular complexity index is 919. The maximum absolute atomic E-state index is 12.7. The van der Waals surface area contributed by atoms with Crippen LogP contribution in [0.5, 0.6) is 28.7 Å². The number of amides is 2. The van der Waals surface area contributed by atoms with E-state index in [1.807, 2.05) is 20.8 Å². The maximum Gasteiger partial charge on any atom is 0.251 e. The monoisotopic (exact) mass is 460 g/mol. The molecule has 0 bridgehead atoms. The van der Waals surface area contributed by atoms with Gasteiger partial charge >= 0.3 is 0 Å². The average Bonchev–Trinajstić information content (AvgIpc) is 2.83. The SMILES string of the molecule is CCOc1cc(C(=O)NCCNC(=O)c2ccc(OC)c(OC)c2)cc(OCC)c1OCC. The fourth-order valence-corrected chi connectivity index (χ4v) is 3.05. The lowest BCUT2D eigenvalue weighted by Gasteiger charge is -2.17. The molecule has 0 saturated carbocycles. The summed E-state index contributed by atoms with van der Waals surface area (Å²) in [6, 6.07) is 8.13. The molecule has 2 aromatic rings. The first-order valence-corrected chi connectivity index (χ1v) is 10.8. The highest BCUT2D eigenvalue weighted by Gasteiger charge is 2.18. The van der Waals surface area contributed by atoms with Crippen molar-refractivity contribution in [2.75, 3.05) is 47.1 Å². The number of nitrogens with one attached hydrogen (secondary N) is 2. The van der Waals surface area contributed by atoms with Crippen molar-refractivity contribution in [1.29, 1.82) is 0 Å². The highest BCUT2D eigenvalue weighted by atomic mass is 16.5. The highest BCUT2D eigenvalue weighted by molar-refractivity contribution is 5.96. The Hall–Kier alpha value is -3.62. The van der Waals surface area contributed by atoms with E-state index in [-0.39, 0.29) is 24.9 Å². The molecule has 2 rings (SSSR count). The van der Waals surface area contributed by atoms with Gasteiger partial charge in [-0.2, -0.15) is 0 Å². The molecule has 0 spiro atoms. The minimum atomic E-state index is -0.319. The van der Waals surface area contributed by atoms with Gasteiger partial charge in [0.2, 0.25) is 5.75 Å². The lowest BCUT2D eigenvalue weighted by molar-refractivity contribution is 0.0927. The zero-order valence-corrected chi connectivity index (χ0v) is 19.8. The van der Waals surface area contributed by atoms with Crippen molar-refractivity contribution in [2.45, 2.75) is 20.8 Å². The fraction of sp³-hybridized carbons (Fsp3) is 0.417. The first-order valence-electron chi connectivity index (χ1n) is 10.8. The minimum absolute atomic E-state index is 0.235. The molecule has 2 amide bonds. The van der Waals surface area contributed by atoms with Gasteiger partial charge in [-0.25, -0.2) is 0 Å². The smallest absolute Gasteiger partial charge is 0.251 e. The summed E-state index contributed by atoms with van der Waals surface area (Å²) in [6.45, 7) is 7.31. The second-order valence-corrected chi connectivity index (χ2v) is 6.68. The van der Waals surface area contributed by atoms with Gasteiger partial charge in [-0.05, 0) is 51.1 Å². The molecule has 0 aliphatic carbocycles. The third-order valence-corrected chi connectivity index (χ3v) is 4.51. The van der Waals surface area contributed by atoms with Gasteiger partial charge in [-0.15, -0.1) is 0 Å². The van der Waals surface area contributed by atoms with Crippen LogP contribution in [0, 0.1) is 0 Å². The number of hydrogen-bond acceptors (Lipinski definition) is 7. The zero-order valence-electron chi connectivity index (χ0n) is 19.8. The van der Waals surface area contributed by atoms with Crippen molar-refractivity contribution in [3.05, 3.63) is 41.5 Å². The predicted molar refractivity (Wildman–Crippen MR) is 124 cm³/mol. The number of carbonyl (C=O) groups excluding carboxylic acids is 2. The van der Waals surface area contributed by atoms with E-state index in [0.717, 1.165) is 0 Å². The van der Waals surface area contributed by atoms with E-state index in [1.54, 1.807) is 30.3 Å². The van der Waals surface area contributed by atoms with Crippen LogP contribution in [-0.2, 0) is 0 Å². The minimum Gasteiger partial charge on any atom is -0.493 e. The van der Waals surface area contributed by atoms with E-state index >= 15 is 0 Å². The summed E-state index contributed by atoms with van der Waals surface area (Å²) in [5.74, 6) is 1.75. The molecule has 0 fully saturated rings. The summed E-state index contributed by atoms with van der Waals surface area (Å²) in [5, 5.41) is 5.55. The van der Waals surface area contributed by atoms with Crippen LogP contribution in [0.25, 0.3) is 0 Å². The largest absolute Gasteiger partial charge is 0.493 e. The van der Waals surface area contributed by atoms with Gasteiger partial charge in [-0.3, -0.25) is 9.59 Å². The first kappa shape index (κ1) is 25.6. The van der Waals surface area contributed by atoms with Crippen molar-refractivity contribution in [3.63, 3.8) is 0 Å². The molecule has 9 heteroatoms. The van der Waals surface area contributed by atoms with Crippen molar-refractivity contribution in [2.24, 2.45) is 0 Å². The van der Waals surface area contributed by atoms with E-state index in [1.165, 1.54) is 14.2 Å². The van der Waals surface area contributed by atoms with Crippen LogP contribution in [0.2, 0.25) is 0 Å². The predicted octanol–water partition coefficient (Wildman–Crippen LogP) is 3.06. The zero-order chi connectivity index (χ0) is 24.2. The fourth-order valence-electron chi connectivity index (χ4n) is 3.05. The molecular weight excluding hydrogens is 428 g/mol. The number of carbonyl (C=O) groups is 2. The molecule has 0 aromatic heterocycles. The maximum atomic E-state index is 12.7. The molecule has 2 N–H and O–H groups in total. The Balaban J connectivity index is 2.00. The second-order valence-electron chi connectivity index (χ2n) is 6.68. The summed E-state index contributed by atoms with van der Waals surface area (Å²) in [5.41, 5.74) is 0.796. The molecule has 0 aliphatic rings. The molecule has 0 radical (unpaired) electrons. The van der Waals surface area contributed by atoms with Crippen LogP contribution < -0.4 is 34.3 Å². The van der Waals surface area contributed by atoms with E-state index < -0.39 is 0 Å². The third-order valence-electron chi connectivity index (χ3n) is 4.51.